The van der Waals surface area contributed by atoms with Gasteiger partial charge in [0, 0.05) is 11.5 Å². The summed E-state index contributed by atoms with van der Waals surface area (Å²) in [7, 11) is 0. The third kappa shape index (κ3) is 5.05. The van der Waals surface area contributed by atoms with Crippen molar-refractivity contribution in [2.75, 3.05) is 0 Å². The van der Waals surface area contributed by atoms with Crippen LogP contribution in [0.2, 0.25) is 0 Å². The number of nitrogens with zero attached hydrogens (tertiary/aromatic N) is 6. The number of rotatable bonds is 7. The Bertz CT molecular complexity index is 1360. The van der Waals surface area contributed by atoms with Crippen molar-refractivity contribution >= 4 is 5.91 Å². The minimum Gasteiger partial charge on any atom is -0.277 e. The second-order valence-corrected chi connectivity index (χ2v) is 10.1. The molecule has 1 saturated carbocycles. The van der Waals surface area contributed by atoms with E-state index in [1.807, 2.05) is 48.5 Å². The largest absolute Gasteiger partial charge is 0.353 e. The molecule has 1 aliphatic carbocycles. The number of tetrazole rings is 1. The van der Waals surface area contributed by atoms with Crippen molar-refractivity contribution in [2.24, 2.45) is 17.8 Å². The van der Waals surface area contributed by atoms with Gasteiger partial charge in [0.2, 0.25) is 5.82 Å². The number of benzene rings is 2. The normalized spacial score (nSPS) is 18.0. The van der Waals surface area contributed by atoms with E-state index in [4.69, 9.17) is 0 Å². The zero-order chi connectivity index (χ0) is 25.1. The molecule has 2 aromatic carbocycles. The molecule has 9 heteroatoms. The Kier molecular flexibility index (Phi) is 6.88. The van der Waals surface area contributed by atoms with Crippen LogP contribution in [-0.2, 0) is 6.54 Å². The van der Waals surface area contributed by atoms with Crippen molar-refractivity contribution < 1.29 is 4.79 Å². The minimum atomic E-state index is -0.379. The lowest BCUT2D eigenvalue weighted by atomic mass is 9.78. The lowest BCUT2D eigenvalue weighted by Gasteiger charge is -2.28. The summed E-state index contributed by atoms with van der Waals surface area (Å²) in [4.78, 5) is 26.0. The van der Waals surface area contributed by atoms with Crippen LogP contribution in [0.5, 0.6) is 0 Å². The van der Waals surface area contributed by atoms with Crippen molar-refractivity contribution in [3.05, 3.63) is 70.9 Å². The van der Waals surface area contributed by atoms with E-state index < -0.39 is 0 Å². The van der Waals surface area contributed by atoms with Gasteiger partial charge in [-0.2, -0.15) is 10.3 Å². The Morgan fingerprint density at radius 3 is 2.42 bits per heavy atom. The minimum absolute atomic E-state index is 0.118. The third-order valence-corrected chi connectivity index (χ3v) is 7.07. The molecule has 4 aromatic rings. The van der Waals surface area contributed by atoms with Gasteiger partial charge in [-0.05, 0) is 65.8 Å². The number of nitrogens with one attached hydrogen (secondary N) is 1. The first-order valence-electron chi connectivity index (χ1n) is 12.6. The van der Waals surface area contributed by atoms with Crippen molar-refractivity contribution in [2.45, 2.75) is 52.5 Å². The van der Waals surface area contributed by atoms with Crippen molar-refractivity contribution in [1.29, 1.82) is 0 Å². The maximum absolute atomic E-state index is 13.0. The molecule has 1 fully saturated rings. The number of hydrogen-bond donors (Lipinski definition) is 1. The molecular weight excluding hydrogens is 454 g/mol. The van der Waals surface area contributed by atoms with Gasteiger partial charge in [-0.15, -0.1) is 14.9 Å². The predicted octanol–water partition coefficient (Wildman–Crippen LogP) is 4.43. The molecule has 0 radical (unpaired) electrons. The fourth-order valence-corrected chi connectivity index (χ4v) is 5.27. The van der Waals surface area contributed by atoms with Crippen LogP contribution in [0, 0.1) is 17.8 Å². The highest BCUT2D eigenvalue weighted by Gasteiger charge is 2.29. The Morgan fingerprint density at radius 2 is 1.75 bits per heavy atom. The van der Waals surface area contributed by atoms with E-state index in [1.54, 1.807) is 0 Å². The second kappa shape index (κ2) is 10.4. The number of carbonyl (C=O) groups is 1. The molecule has 0 atom stereocenters. The average Bonchev–Trinajstić information content (AvgIpc) is 3.55. The Labute approximate surface area is 209 Å². The molecule has 186 valence electrons. The van der Waals surface area contributed by atoms with E-state index in [0.717, 1.165) is 52.6 Å². The molecule has 0 spiro atoms. The van der Waals surface area contributed by atoms with E-state index in [-0.39, 0.29) is 17.5 Å². The predicted molar refractivity (Wildman–Crippen MR) is 136 cm³/mol. The quantitative estimate of drug-likeness (QED) is 0.414. The van der Waals surface area contributed by atoms with Crippen LogP contribution in [0.4, 0.5) is 0 Å². The first kappa shape index (κ1) is 23.8. The Balaban J connectivity index is 1.27. The highest BCUT2D eigenvalue weighted by atomic mass is 16.2. The van der Waals surface area contributed by atoms with E-state index >= 15 is 0 Å². The lowest BCUT2D eigenvalue weighted by molar-refractivity contribution is 0.0755. The monoisotopic (exact) mass is 485 g/mol. The summed E-state index contributed by atoms with van der Waals surface area (Å²) >= 11 is 0. The van der Waals surface area contributed by atoms with E-state index in [9.17, 15) is 9.59 Å². The van der Waals surface area contributed by atoms with Crippen LogP contribution in [0.15, 0.2) is 59.7 Å². The summed E-state index contributed by atoms with van der Waals surface area (Å²) < 4.78 is 2.55. The summed E-state index contributed by atoms with van der Waals surface area (Å²) in [5.74, 6) is 1.61. The molecule has 1 N–H and O–H groups in total. The number of H-pyrrole nitrogens is 1. The first-order valence-corrected chi connectivity index (χ1v) is 12.6. The van der Waals surface area contributed by atoms with Crippen LogP contribution in [0.3, 0.4) is 0 Å². The molecule has 0 amide bonds. The molecule has 1 aliphatic rings. The molecular formula is C27H31N7O2. The summed E-state index contributed by atoms with van der Waals surface area (Å²) in [6.45, 7) is 4.83. The standard InChI is InChI=1S/C27H31N7O2/c1-18(2)15-19-7-13-22(14-8-19)26(35)34-27(36)33(17-28-34)16-20-9-11-21(12-10-20)23-5-3-4-6-24(23)25-29-31-32-30-25/h3-6,9-12,17-19,22H,7-8,13-16H2,1-2H3,(H,29,30,31,32). The number of hydrogen-bond acceptors (Lipinski definition) is 6. The van der Waals surface area contributed by atoms with Crippen molar-refractivity contribution in [3.8, 4) is 22.5 Å². The van der Waals surface area contributed by atoms with Gasteiger partial charge in [-0.3, -0.25) is 9.36 Å². The molecule has 0 saturated heterocycles. The van der Waals surface area contributed by atoms with Crippen molar-refractivity contribution in [1.82, 2.24) is 35.0 Å². The molecule has 0 unspecified atom stereocenters. The smallest absolute Gasteiger partial charge is 0.277 e. The van der Waals surface area contributed by atoms with Crippen LogP contribution >= 0.6 is 0 Å². The highest BCUT2D eigenvalue weighted by molar-refractivity contribution is 5.81. The highest BCUT2D eigenvalue weighted by Crippen LogP contribution is 2.33. The maximum atomic E-state index is 13.0. The van der Waals surface area contributed by atoms with E-state index in [0.29, 0.717) is 24.2 Å². The van der Waals surface area contributed by atoms with E-state index in [1.165, 1.54) is 17.3 Å². The van der Waals surface area contributed by atoms with Crippen LogP contribution in [0.1, 0.15) is 56.3 Å². The first-order chi connectivity index (χ1) is 17.5. The van der Waals surface area contributed by atoms with Gasteiger partial charge in [-0.25, -0.2) is 4.79 Å². The summed E-state index contributed by atoms with van der Waals surface area (Å²) in [6.07, 6.45) is 6.43. The van der Waals surface area contributed by atoms with E-state index in [2.05, 4.69) is 39.6 Å². The van der Waals surface area contributed by atoms with Gasteiger partial charge < -0.3 is 0 Å². The SMILES string of the molecule is CC(C)CC1CCC(C(=O)n2ncn(Cc3ccc(-c4ccccc4-c4nn[nH]n4)cc3)c2=O)CC1. The van der Waals surface area contributed by atoms with Gasteiger partial charge in [0.1, 0.15) is 6.33 Å². The van der Waals surface area contributed by atoms with Gasteiger partial charge in [0.25, 0.3) is 5.91 Å². The zero-order valence-electron chi connectivity index (χ0n) is 20.7. The van der Waals surface area contributed by atoms with Gasteiger partial charge in [0.05, 0.1) is 6.54 Å². The number of aromatic nitrogens is 7. The molecule has 2 heterocycles. The zero-order valence-corrected chi connectivity index (χ0v) is 20.7. The molecule has 0 bridgehead atoms. The summed E-state index contributed by atoms with van der Waals surface area (Å²) in [5.41, 5.74) is 3.44. The molecule has 9 nitrogen and oxygen atoms in total. The summed E-state index contributed by atoms with van der Waals surface area (Å²) in [6, 6.07) is 15.8. The summed E-state index contributed by atoms with van der Waals surface area (Å²) in [5, 5.41) is 18.5. The van der Waals surface area contributed by atoms with Crippen LogP contribution in [0.25, 0.3) is 22.5 Å². The lowest BCUT2D eigenvalue weighted by Crippen LogP contribution is -2.35. The van der Waals surface area contributed by atoms with Crippen LogP contribution in [-0.4, -0.2) is 40.9 Å². The van der Waals surface area contributed by atoms with Gasteiger partial charge >= 0.3 is 5.69 Å². The Hall–Kier alpha value is -3.88. The Morgan fingerprint density at radius 1 is 1.03 bits per heavy atom. The topological polar surface area (TPSA) is 111 Å². The second-order valence-electron chi connectivity index (χ2n) is 10.1. The molecule has 0 aliphatic heterocycles. The number of carbonyl (C=O) groups excluding carboxylic acids is 1. The van der Waals surface area contributed by atoms with Gasteiger partial charge in [0.15, 0.2) is 0 Å². The molecule has 2 aromatic heterocycles. The van der Waals surface area contributed by atoms with Gasteiger partial charge in [-0.1, -0.05) is 62.4 Å². The fraction of sp³-hybridized carbons (Fsp3) is 0.407. The number of aromatic amines is 1. The van der Waals surface area contributed by atoms with Crippen LogP contribution < -0.4 is 5.69 Å². The average molecular weight is 486 g/mol. The third-order valence-electron chi connectivity index (χ3n) is 7.07. The molecule has 36 heavy (non-hydrogen) atoms. The fourth-order valence-electron chi connectivity index (χ4n) is 5.27. The molecule has 5 rings (SSSR count). The maximum Gasteiger partial charge on any atom is 0.353 e. The van der Waals surface area contributed by atoms with Crippen molar-refractivity contribution in [3.63, 3.8) is 0 Å².